The molecule has 0 aliphatic heterocycles. The van der Waals surface area contributed by atoms with Gasteiger partial charge in [0.1, 0.15) is 0 Å². The first-order valence-corrected chi connectivity index (χ1v) is 6.04. The summed E-state index contributed by atoms with van der Waals surface area (Å²) >= 11 is 6.26. The smallest absolute Gasteiger partial charge is 0.0946 e. The third kappa shape index (κ3) is 2.20. The molecule has 1 aliphatic carbocycles. The molecule has 0 saturated heterocycles. The zero-order chi connectivity index (χ0) is 11.1. The Hall–Kier alpha value is -0.500. The number of alkyl halides is 1. The van der Waals surface area contributed by atoms with E-state index in [-0.39, 0.29) is 0 Å². The molecular weight excluding hydrogens is 208 g/mol. The normalized spacial score (nSPS) is 30.4. The summed E-state index contributed by atoms with van der Waals surface area (Å²) in [6, 6.07) is 0. The number of rotatable bonds is 1. The highest BCUT2D eigenvalue weighted by Crippen LogP contribution is 2.47. The lowest BCUT2D eigenvalue weighted by molar-refractivity contribution is 0.199. The van der Waals surface area contributed by atoms with Crippen LogP contribution >= 0.6 is 11.6 Å². The van der Waals surface area contributed by atoms with Gasteiger partial charge >= 0.3 is 0 Å². The van der Waals surface area contributed by atoms with Crippen LogP contribution in [0.5, 0.6) is 0 Å². The molecule has 3 heteroatoms. The molecule has 0 aromatic carbocycles. The molecule has 1 fully saturated rings. The highest BCUT2D eigenvalue weighted by Gasteiger charge is 2.37. The van der Waals surface area contributed by atoms with Gasteiger partial charge in [-0.25, -0.2) is 4.98 Å². The molecule has 1 heterocycles. The Labute approximate surface area is 96.7 Å². The van der Waals surface area contributed by atoms with Crippen LogP contribution in [0.15, 0.2) is 12.5 Å². The van der Waals surface area contributed by atoms with Gasteiger partial charge in [0.15, 0.2) is 0 Å². The molecule has 0 radical (unpaired) electrons. The summed E-state index contributed by atoms with van der Waals surface area (Å²) < 4.78 is 2.02. The predicted molar refractivity (Wildman–Crippen MR) is 63.2 cm³/mol. The van der Waals surface area contributed by atoms with Crippen molar-refractivity contribution in [3.05, 3.63) is 18.2 Å². The second kappa shape index (κ2) is 3.82. The summed E-state index contributed by atoms with van der Waals surface area (Å²) in [5.41, 5.74) is 1.53. The van der Waals surface area contributed by atoms with Crippen LogP contribution in [0.1, 0.15) is 44.7 Å². The minimum Gasteiger partial charge on any atom is -0.340 e. The Balaban J connectivity index is 2.25. The molecular formula is C12H19ClN2. The summed E-state index contributed by atoms with van der Waals surface area (Å²) in [4.78, 5) is 4.47. The molecule has 1 aromatic heterocycles. The quantitative estimate of drug-likeness (QED) is 0.672. The Bertz CT molecular complexity index is 343. The van der Waals surface area contributed by atoms with Crippen molar-refractivity contribution in [2.45, 2.75) is 44.4 Å². The largest absolute Gasteiger partial charge is 0.340 e. The van der Waals surface area contributed by atoms with Gasteiger partial charge in [0.05, 0.1) is 12.0 Å². The van der Waals surface area contributed by atoms with E-state index in [0.717, 1.165) is 12.8 Å². The van der Waals surface area contributed by atoms with Crippen LogP contribution in [-0.4, -0.2) is 14.9 Å². The van der Waals surface area contributed by atoms with Gasteiger partial charge < -0.3 is 4.57 Å². The van der Waals surface area contributed by atoms with Crippen molar-refractivity contribution in [2.24, 2.45) is 12.5 Å². The minimum atomic E-state index is 0.324. The predicted octanol–water partition coefficient (Wildman–Crippen LogP) is 3.32. The summed E-state index contributed by atoms with van der Waals surface area (Å²) in [5.74, 6) is 0.509. The Morgan fingerprint density at radius 2 is 2.27 bits per heavy atom. The molecule has 1 aliphatic rings. The van der Waals surface area contributed by atoms with E-state index in [1.54, 1.807) is 0 Å². The van der Waals surface area contributed by atoms with E-state index in [2.05, 4.69) is 25.0 Å². The van der Waals surface area contributed by atoms with E-state index in [4.69, 9.17) is 11.6 Å². The SMILES string of the molecule is Cn1cnc(C2CC(Cl)CCC2(C)C)c1. The fraction of sp³-hybridized carbons (Fsp3) is 0.750. The van der Waals surface area contributed by atoms with Crippen molar-refractivity contribution in [2.75, 3.05) is 0 Å². The van der Waals surface area contributed by atoms with E-state index in [9.17, 15) is 0 Å². The molecule has 1 saturated carbocycles. The van der Waals surface area contributed by atoms with Gasteiger partial charge in [-0.05, 0) is 24.7 Å². The molecule has 15 heavy (non-hydrogen) atoms. The third-order valence-electron chi connectivity index (χ3n) is 3.62. The monoisotopic (exact) mass is 226 g/mol. The van der Waals surface area contributed by atoms with Crippen LogP contribution in [0.3, 0.4) is 0 Å². The van der Waals surface area contributed by atoms with Crippen molar-refractivity contribution in [1.29, 1.82) is 0 Å². The Morgan fingerprint density at radius 1 is 1.53 bits per heavy atom. The second-order valence-corrected chi connectivity index (χ2v) is 5.99. The first kappa shape index (κ1) is 11.0. The summed E-state index contributed by atoms with van der Waals surface area (Å²) in [5, 5.41) is 0.324. The average molecular weight is 227 g/mol. The third-order valence-corrected chi connectivity index (χ3v) is 4.01. The lowest BCUT2D eigenvalue weighted by atomic mass is 9.67. The maximum atomic E-state index is 6.26. The fourth-order valence-electron chi connectivity index (χ4n) is 2.53. The Kier molecular flexibility index (Phi) is 2.80. The summed E-state index contributed by atoms with van der Waals surface area (Å²) in [7, 11) is 2.02. The molecule has 2 rings (SSSR count). The molecule has 84 valence electrons. The highest BCUT2D eigenvalue weighted by atomic mass is 35.5. The van der Waals surface area contributed by atoms with Gasteiger partial charge in [0, 0.05) is 24.5 Å². The summed E-state index contributed by atoms with van der Waals surface area (Å²) in [6.07, 6.45) is 7.40. The van der Waals surface area contributed by atoms with Crippen molar-refractivity contribution >= 4 is 11.6 Å². The number of hydrogen-bond donors (Lipinski definition) is 0. The second-order valence-electron chi connectivity index (χ2n) is 5.38. The lowest BCUT2D eigenvalue weighted by Gasteiger charge is -2.39. The molecule has 2 nitrogen and oxygen atoms in total. The van der Waals surface area contributed by atoms with Crippen LogP contribution in [0.2, 0.25) is 0 Å². The van der Waals surface area contributed by atoms with Crippen LogP contribution in [0.4, 0.5) is 0 Å². The summed E-state index contributed by atoms with van der Waals surface area (Å²) in [6.45, 7) is 4.66. The van der Waals surface area contributed by atoms with Gasteiger partial charge in [-0.3, -0.25) is 0 Å². The molecule has 0 N–H and O–H groups in total. The van der Waals surface area contributed by atoms with E-state index in [1.165, 1.54) is 12.1 Å². The number of halogens is 1. The van der Waals surface area contributed by atoms with Crippen LogP contribution in [-0.2, 0) is 7.05 Å². The number of aryl methyl sites for hydroxylation is 1. The maximum absolute atomic E-state index is 6.26. The van der Waals surface area contributed by atoms with E-state index < -0.39 is 0 Å². The van der Waals surface area contributed by atoms with Gasteiger partial charge in [-0.15, -0.1) is 11.6 Å². The zero-order valence-electron chi connectivity index (χ0n) is 9.70. The van der Waals surface area contributed by atoms with E-state index >= 15 is 0 Å². The van der Waals surface area contributed by atoms with Gasteiger partial charge in [-0.1, -0.05) is 13.8 Å². The standard InChI is InChI=1S/C12H19ClN2/c1-12(2)5-4-9(13)6-10(12)11-7-15(3)8-14-11/h7-10H,4-6H2,1-3H3. The van der Waals surface area contributed by atoms with Crippen LogP contribution < -0.4 is 0 Å². The molecule has 0 bridgehead atoms. The number of aromatic nitrogens is 2. The van der Waals surface area contributed by atoms with Gasteiger partial charge in [0.25, 0.3) is 0 Å². The van der Waals surface area contributed by atoms with Crippen molar-refractivity contribution in [1.82, 2.24) is 9.55 Å². The first-order valence-electron chi connectivity index (χ1n) is 5.61. The van der Waals surface area contributed by atoms with Crippen LogP contribution in [0.25, 0.3) is 0 Å². The van der Waals surface area contributed by atoms with Crippen molar-refractivity contribution in [3.8, 4) is 0 Å². The van der Waals surface area contributed by atoms with Crippen molar-refractivity contribution < 1.29 is 0 Å². The van der Waals surface area contributed by atoms with E-state index in [1.807, 2.05) is 17.9 Å². The Morgan fingerprint density at radius 3 is 2.87 bits per heavy atom. The number of nitrogens with zero attached hydrogens (tertiary/aromatic N) is 2. The molecule has 2 unspecified atom stereocenters. The van der Waals surface area contributed by atoms with Crippen molar-refractivity contribution in [3.63, 3.8) is 0 Å². The fourth-order valence-corrected chi connectivity index (χ4v) is 2.82. The highest BCUT2D eigenvalue weighted by molar-refractivity contribution is 6.20. The van der Waals surface area contributed by atoms with E-state index in [0.29, 0.717) is 16.7 Å². The molecule has 0 spiro atoms. The topological polar surface area (TPSA) is 17.8 Å². The average Bonchev–Trinajstić information content (AvgIpc) is 2.56. The maximum Gasteiger partial charge on any atom is 0.0946 e. The zero-order valence-corrected chi connectivity index (χ0v) is 10.5. The molecule has 0 amide bonds. The minimum absolute atomic E-state index is 0.324. The van der Waals surface area contributed by atoms with Gasteiger partial charge in [0.2, 0.25) is 0 Å². The number of hydrogen-bond acceptors (Lipinski definition) is 1. The van der Waals surface area contributed by atoms with Crippen LogP contribution in [0, 0.1) is 5.41 Å². The number of imidazole rings is 1. The lowest BCUT2D eigenvalue weighted by Crippen LogP contribution is -2.30. The van der Waals surface area contributed by atoms with Gasteiger partial charge in [-0.2, -0.15) is 0 Å². The molecule has 2 atom stereocenters. The molecule has 1 aromatic rings. The first-order chi connectivity index (χ1) is 6.99.